The summed E-state index contributed by atoms with van der Waals surface area (Å²) in [6.07, 6.45) is 3.75. The Bertz CT molecular complexity index is 724. The Balaban J connectivity index is 1.70. The first-order chi connectivity index (χ1) is 12.1. The van der Waals surface area contributed by atoms with Crippen molar-refractivity contribution in [3.63, 3.8) is 0 Å². The Morgan fingerprint density at radius 2 is 2.20 bits per heavy atom. The van der Waals surface area contributed by atoms with Crippen LogP contribution in [0.3, 0.4) is 0 Å². The number of imidazole rings is 1. The SMILES string of the molecule is CC(C)c1ccccc1NC(=O)CN1CCNCC1c1nccn1C. The number of hydrogen-bond acceptors (Lipinski definition) is 4. The first-order valence-electron chi connectivity index (χ1n) is 8.87. The lowest BCUT2D eigenvalue weighted by atomic mass is 10.0. The number of carbonyl (C=O) groups is 1. The molecule has 0 aliphatic carbocycles. The fourth-order valence-electron chi connectivity index (χ4n) is 3.38. The number of piperazine rings is 1. The van der Waals surface area contributed by atoms with Gasteiger partial charge in [0.2, 0.25) is 5.91 Å². The third-order valence-electron chi connectivity index (χ3n) is 4.71. The molecule has 6 nitrogen and oxygen atoms in total. The number of carbonyl (C=O) groups excluding carboxylic acids is 1. The molecule has 1 unspecified atom stereocenters. The Labute approximate surface area is 149 Å². The molecule has 1 atom stereocenters. The van der Waals surface area contributed by atoms with E-state index in [0.717, 1.165) is 36.7 Å². The summed E-state index contributed by atoms with van der Waals surface area (Å²) in [5.41, 5.74) is 2.07. The minimum atomic E-state index is 0.0224. The molecule has 2 heterocycles. The van der Waals surface area contributed by atoms with E-state index in [9.17, 15) is 4.79 Å². The lowest BCUT2D eigenvalue weighted by molar-refractivity contribution is -0.118. The zero-order chi connectivity index (χ0) is 17.8. The molecule has 0 spiro atoms. The Kier molecular flexibility index (Phi) is 5.50. The molecule has 0 radical (unpaired) electrons. The van der Waals surface area contributed by atoms with Crippen LogP contribution in [0.2, 0.25) is 0 Å². The molecule has 3 rings (SSSR count). The maximum atomic E-state index is 12.7. The molecule has 1 fully saturated rings. The highest BCUT2D eigenvalue weighted by molar-refractivity contribution is 5.93. The summed E-state index contributed by atoms with van der Waals surface area (Å²) < 4.78 is 2.02. The van der Waals surface area contributed by atoms with Gasteiger partial charge in [-0.15, -0.1) is 0 Å². The van der Waals surface area contributed by atoms with Crippen molar-refractivity contribution in [1.29, 1.82) is 0 Å². The van der Waals surface area contributed by atoms with Crippen LogP contribution in [0.5, 0.6) is 0 Å². The fraction of sp³-hybridized carbons (Fsp3) is 0.474. The van der Waals surface area contributed by atoms with Crippen molar-refractivity contribution < 1.29 is 4.79 Å². The van der Waals surface area contributed by atoms with Crippen molar-refractivity contribution in [2.45, 2.75) is 25.8 Å². The first kappa shape index (κ1) is 17.6. The molecule has 6 heteroatoms. The van der Waals surface area contributed by atoms with E-state index in [2.05, 4.69) is 40.4 Å². The Morgan fingerprint density at radius 1 is 1.40 bits per heavy atom. The van der Waals surface area contributed by atoms with Gasteiger partial charge < -0.3 is 15.2 Å². The lowest BCUT2D eigenvalue weighted by Crippen LogP contribution is -2.49. The van der Waals surface area contributed by atoms with Crippen LogP contribution < -0.4 is 10.6 Å². The second kappa shape index (κ2) is 7.80. The molecular weight excluding hydrogens is 314 g/mol. The molecule has 0 bridgehead atoms. The standard InChI is InChI=1S/C19H27N5O/c1-14(2)15-6-4-5-7-16(15)22-18(25)13-24-11-8-20-12-17(24)19-21-9-10-23(19)3/h4-7,9-10,14,17,20H,8,11-13H2,1-3H3,(H,22,25). The van der Waals surface area contributed by atoms with Crippen LogP contribution in [0.15, 0.2) is 36.7 Å². The van der Waals surface area contributed by atoms with Crippen LogP contribution in [-0.2, 0) is 11.8 Å². The van der Waals surface area contributed by atoms with Gasteiger partial charge in [-0.1, -0.05) is 32.0 Å². The van der Waals surface area contributed by atoms with Gasteiger partial charge in [-0.3, -0.25) is 9.69 Å². The van der Waals surface area contributed by atoms with Gasteiger partial charge in [0, 0.05) is 44.8 Å². The first-order valence-corrected chi connectivity index (χ1v) is 8.87. The average molecular weight is 341 g/mol. The van der Waals surface area contributed by atoms with Gasteiger partial charge in [0.1, 0.15) is 5.82 Å². The van der Waals surface area contributed by atoms with E-state index >= 15 is 0 Å². The molecule has 1 aliphatic heterocycles. The number of hydrogen-bond donors (Lipinski definition) is 2. The third kappa shape index (κ3) is 4.08. The maximum absolute atomic E-state index is 12.7. The highest BCUT2D eigenvalue weighted by Crippen LogP contribution is 2.24. The number of nitrogens with zero attached hydrogens (tertiary/aromatic N) is 3. The summed E-state index contributed by atoms with van der Waals surface area (Å²) in [6, 6.07) is 8.13. The van der Waals surface area contributed by atoms with Gasteiger partial charge in [0.25, 0.3) is 0 Å². The van der Waals surface area contributed by atoms with Gasteiger partial charge in [0.05, 0.1) is 12.6 Å². The van der Waals surface area contributed by atoms with E-state index in [1.807, 2.05) is 36.0 Å². The number of aryl methyl sites for hydroxylation is 1. The maximum Gasteiger partial charge on any atom is 0.238 e. The number of benzene rings is 1. The van der Waals surface area contributed by atoms with Crippen molar-refractivity contribution in [2.75, 3.05) is 31.5 Å². The minimum Gasteiger partial charge on any atom is -0.337 e. The van der Waals surface area contributed by atoms with Gasteiger partial charge in [-0.05, 0) is 17.5 Å². The van der Waals surface area contributed by atoms with E-state index in [-0.39, 0.29) is 11.9 Å². The number of aromatic nitrogens is 2. The largest absolute Gasteiger partial charge is 0.337 e. The third-order valence-corrected chi connectivity index (χ3v) is 4.71. The quantitative estimate of drug-likeness (QED) is 0.875. The number of nitrogens with one attached hydrogen (secondary N) is 2. The predicted molar refractivity (Wildman–Crippen MR) is 99.6 cm³/mol. The molecule has 1 aromatic carbocycles. The van der Waals surface area contributed by atoms with Gasteiger partial charge >= 0.3 is 0 Å². The van der Waals surface area contributed by atoms with Gasteiger partial charge in [-0.2, -0.15) is 0 Å². The van der Waals surface area contributed by atoms with Crippen LogP contribution >= 0.6 is 0 Å². The zero-order valence-corrected chi connectivity index (χ0v) is 15.2. The molecule has 1 saturated heterocycles. The molecule has 25 heavy (non-hydrogen) atoms. The van der Waals surface area contributed by atoms with E-state index in [4.69, 9.17) is 0 Å². The minimum absolute atomic E-state index is 0.0224. The topological polar surface area (TPSA) is 62.2 Å². The van der Waals surface area contributed by atoms with Crippen LogP contribution in [0.1, 0.15) is 37.2 Å². The molecular formula is C19H27N5O. The lowest BCUT2D eigenvalue weighted by Gasteiger charge is -2.35. The second-order valence-corrected chi connectivity index (χ2v) is 6.88. The van der Waals surface area contributed by atoms with E-state index in [1.54, 1.807) is 6.20 Å². The van der Waals surface area contributed by atoms with Crippen molar-refractivity contribution >= 4 is 11.6 Å². The molecule has 2 N–H and O–H groups in total. The molecule has 134 valence electrons. The van der Waals surface area contributed by atoms with Gasteiger partial charge in [0.15, 0.2) is 0 Å². The Hall–Kier alpha value is -2.18. The highest BCUT2D eigenvalue weighted by Gasteiger charge is 2.28. The summed E-state index contributed by atoms with van der Waals surface area (Å²) in [5.74, 6) is 1.38. The normalized spacial score (nSPS) is 18.5. The number of para-hydroxylation sites is 1. The van der Waals surface area contributed by atoms with Crippen molar-refractivity contribution in [3.05, 3.63) is 48.0 Å². The number of anilines is 1. The fourth-order valence-corrected chi connectivity index (χ4v) is 3.38. The monoisotopic (exact) mass is 341 g/mol. The van der Waals surface area contributed by atoms with Crippen LogP contribution in [0, 0.1) is 0 Å². The van der Waals surface area contributed by atoms with Crippen LogP contribution in [-0.4, -0.2) is 46.5 Å². The molecule has 0 saturated carbocycles. The smallest absolute Gasteiger partial charge is 0.238 e. The zero-order valence-electron chi connectivity index (χ0n) is 15.2. The van der Waals surface area contributed by atoms with Gasteiger partial charge in [-0.25, -0.2) is 4.98 Å². The van der Waals surface area contributed by atoms with E-state index in [0.29, 0.717) is 12.5 Å². The molecule has 1 aromatic heterocycles. The van der Waals surface area contributed by atoms with Crippen LogP contribution in [0.4, 0.5) is 5.69 Å². The summed E-state index contributed by atoms with van der Waals surface area (Å²) in [7, 11) is 1.99. The van der Waals surface area contributed by atoms with Crippen molar-refractivity contribution in [3.8, 4) is 0 Å². The predicted octanol–water partition coefficient (Wildman–Crippen LogP) is 2.13. The second-order valence-electron chi connectivity index (χ2n) is 6.88. The molecule has 2 aromatic rings. The molecule has 1 aliphatic rings. The van der Waals surface area contributed by atoms with E-state index in [1.165, 1.54) is 0 Å². The summed E-state index contributed by atoms with van der Waals surface area (Å²) in [4.78, 5) is 19.3. The summed E-state index contributed by atoms with van der Waals surface area (Å²) in [5, 5.41) is 6.49. The number of amides is 1. The van der Waals surface area contributed by atoms with Crippen LogP contribution in [0.25, 0.3) is 0 Å². The Morgan fingerprint density at radius 3 is 2.92 bits per heavy atom. The highest BCUT2D eigenvalue weighted by atomic mass is 16.2. The van der Waals surface area contributed by atoms with Crippen molar-refractivity contribution in [1.82, 2.24) is 19.8 Å². The summed E-state index contributed by atoms with van der Waals surface area (Å²) in [6.45, 7) is 7.16. The molecule has 1 amide bonds. The van der Waals surface area contributed by atoms with Crippen molar-refractivity contribution in [2.24, 2.45) is 7.05 Å². The number of rotatable bonds is 5. The summed E-state index contributed by atoms with van der Waals surface area (Å²) >= 11 is 0. The average Bonchev–Trinajstić information content (AvgIpc) is 3.01. The van der Waals surface area contributed by atoms with E-state index < -0.39 is 0 Å².